The molecule has 1 amide bonds. The lowest BCUT2D eigenvalue weighted by molar-refractivity contribution is -0.128. The summed E-state index contributed by atoms with van der Waals surface area (Å²) in [5.41, 5.74) is 0.835. The van der Waals surface area contributed by atoms with Gasteiger partial charge in [0.25, 0.3) is 5.91 Å². The Morgan fingerprint density at radius 2 is 1.78 bits per heavy atom. The molecule has 2 N–H and O–H groups in total. The molecule has 4 nitrogen and oxygen atoms in total. The summed E-state index contributed by atoms with van der Waals surface area (Å²) in [4.78, 5) is 12.5. The Balaban J connectivity index is 2.08. The van der Waals surface area contributed by atoms with Crippen LogP contribution in [0.1, 0.15) is 18.1 Å². The summed E-state index contributed by atoms with van der Waals surface area (Å²) in [5, 5.41) is 5.99. The van der Waals surface area contributed by atoms with Crippen LogP contribution < -0.4 is 15.4 Å². The Labute approximate surface area is 145 Å². The van der Waals surface area contributed by atoms with Crippen LogP contribution in [-0.2, 0) is 4.79 Å². The van der Waals surface area contributed by atoms with Gasteiger partial charge < -0.3 is 15.4 Å². The molecule has 122 valence electrons. The van der Waals surface area contributed by atoms with Crippen molar-refractivity contribution in [3.05, 3.63) is 64.6 Å². The second-order valence-corrected chi connectivity index (χ2v) is 6.03. The largest absolute Gasteiger partial charge is 0.476 e. The van der Waals surface area contributed by atoms with Crippen molar-refractivity contribution >= 4 is 21.8 Å². The summed E-state index contributed by atoms with van der Waals surface area (Å²) >= 11 is 3.39. The average Bonchev–Trinajstić information content (AvgIpc) is 2.59. The third kappa shape index (κ3) is 5.69. The molecule has 0 saturated carbocycles. The highest BCUT2D eigenvalue weighted by Gasteiger charge is 2.22. The Kier molecular flexibility index (Phi) is 7.10. The lowest BCUT2D eigenvalue weighted by Crippen LogP contribution is -2.34. The predicted octanol–water partition coefficient (Wildman–Crippen LogP) is 3.29. The van der Waals surface area contributed by atoms with Crippen LogP contribution in [0.5, 0.6) is 5.75 Å². The van der Waals surface area contributed by atoms with Crippen molar-refractivity contribution in [3.8, 4) is 5.75 Å². The molecule has 0 spiro atoms. The minimum atomic E-state index is -0.660. The highest BCUT2D eigenvalue weighted by molar-refractivity contribution is 9.10. The minimum Gasteiger partial charge on any atom is -0.476 e. The van der Waals surface area contributed by atoms with Crippen molar-refractivity contribution in [1.82, 2.24) is 10.6 Å². The zero-order valence-corrected chi connectivity index (χ0v) is 14.7. The maximum atomic E-state index is 12.5. The smallest absolute Gasteiger partial charge is 0.265 e. The van der Waals surface area contributed by atoms with E-state index in [0.29, 0.717) is 12.3 Å². The van der Waals surface area contributed by atoms with Gasteiger partial charge in [-0.25, -0.2) is 0 Å². The quantitative estimate of drug-likeness (QED) is 0.695. The van der Waals surface area contributed by atoms with Crippen LogP contribution in [0, 0.1) is 0 Å². The molecule has 0 bridgehead atoms. The first-order chi connectivity index (χ1) is 11.2. The average molecular weight is 377 g/mol. The molecule has 0 fully saturated rings. The van der Waals surface area contributed by atoms with E-state index in [-0.39, 0.29) is 5.91 Å². The normalized spacial score (nSPS) is 11.7. The van der Waals surface area contributed by atoms with Gasteiger partial charge in [0, 0.05) is 16.6 Å². The summed E-state index contributed by atoms with van der Waals surface area (Å²) in [5.74, 6) is 0.530. The second-order valence-electron chi connectivity index (χ2n) is 5.11. The van der Waals surface area contributed by atoms with Gasteiger partial charge in [-0.3, -0.25) is 4.79 Å². The molecule has 0 aliphatic heterocycles. The number of hydrogen-bond acceptors (Lipinski definition) is 3. The van der Waals surface area contributed by atoms with E-state index in [2.05, 4.69) is 26.6 Å². The monoisotopic (exact) mass is 376 g/mol. The van der Waals surface area contributed by atoms with Crippen LogP contribution in [0.4, 0.5) is 0 Å². The van der Waals surface area contributed by atoms with E-state index < -0.39 is 6.10 Å². The van der Waals surface area contributed by atoms with Gasteiger partial charge >= 0.3 is 0 Å². The van der Waals surface area contributed by atoms with Gasteiger partial charge in [-0.05, 0) is 44.3 Å². The van der Waals surface area contributed by atoms with E-state index in [1.165, 1.54) is 0 Å². The fraction of sp³-hybridized carbons (Fsp3) is 0.278. The number of amides is 1. The minimum absolute atomic E-state index is 0.129. The molecule has 0 aliphatic carbocycles. The number of halogens is 1. The summed E-state index contributed by atoms with van der Waals surface area (Å²) in [7, 11) is 1.89. The zero-order chi connectivity index (χ0) is 16.5. The molecule has 0 saturated heterocycles. The predicted molar refractivity (Wildman–Crippen MR) is 95.5 cm³/mol. The van der Waals surface area contributed by atoms with E-state index in [0.717, 1.165) is 23.0 Å². The van der Waals surface area contributed by atoms with E-state index >= 15 is 0 Å². The van der Waals surface area contributed by atoms with Crippen LogP contribution in [-0.4, -0.2) is 26.0 Å². The summed E-state index contributed by atoms with van der Waals surface area (Å²) in [6.45, 7) is 1.48. The number of hydrogen-bond donors (Lipinski definition) is 2. The number of nitrogens with one attached hydrogen (secondary N) is 2. The number of carbonyl (C=O) groups excluding carboxylic acids is 1. The molecule has 23 heavy (non-hydrogen) atoms. The summed E-state index contributed by atoms with van der Waals surface area (Å²) in [6.07, 6.45) is 0.217. The number of carbonyl (C=O) groups is 1. The highest BCUT2D eigenvalue weighted by Crippen LogP contribution is 2.24. The third-order valence-electron chi connectivity index (χ3n) is 3.31. The standard InChI is InChI=1S/C18H21BrN2O2/c1-20-12-5-13-21-18(22)17(14-6-3-2-4-7-14)23-16-10-8-15(19)9-11-16/h2-4,6-11,17,20H,5,12-13H2,1H3,(H,21,22). The highest BCUT2D eigenvalue weighted by atomic mass is 79.9. The molecule has 2 rings (SSSR count). The maximum Gasteiger partial charge on any atom is 0.265 e. The maximum absolute atomic E-state index is 12.5. The van der Waals surface area contributed by atoms with Gasteiger partial charge in [-0.1, -0.05) is 46.3 Å². The number of rotatable bonds is 8. The van der Waals surface area contributed by atoms with Gasteiger partial charge in [0.2, 0.25) is 6.10 Å². The number of benzene rings is 2. The van der Waals surface area contributed by atoms with E-state index in [9.17, 15) is 4.79 Å². The Bertz CT molecular complexity index is 602. The van der Waals surface area contributed by atoms with E-state index in [4.69, 9.17) is 4.74 Å². The van der Waals surface area contributed by atoms with Crippen LogP contribution >= 0.6 is 15.9 Å². The van der Waals surface area contributed by atoms with Gasteiger partial charge in [0.1, 0.15) is 5.75 Å². The van der Waals surface area contributed by atoms with Crippen molar-refractivity contribution in [2.45, 2.75) is 12.5 Å². The SMILES string of the molecule is CNCCCNC(=O)C(Oc1ccc(Br)cc1)c1ccccc1. The van der Waals surface area contributed by atoms with Gasteiger partial charge in [0.05, 0.1) is 0 Å². The molecule has 1 atom stereocenters. The first-order valence-electron chi connectivity index (χ1n) is 7.60. The molecule has 2 aromatic rings. The van der Waals surface area contributed by atoms with Crippen LogP contribution in [0.25, 0.3) is 0 Å². The van der Waals surface area contributed by atoms with Crippen LogP contribution in [0.3, 0.4) is 0 Å². The van der Waals surface area contributed by atoms with E-state index in [1.807, 2.05) is 61.6 Å². The molecule has 2 aromatic carbocycles. The first kappa shape index (κ1) is 17.5. The molecule has 1 unspecified atom stereocenters. The molecule has 5 heteroatoms. The van der Waals surface area contributed by atoms with Crippen molar-refractivity contribution in [2.24, 2.45) is 0 Å². The molecule has 0 aromatic heterocycles. The molecular weight excluding hydrogens is 356 g/mol. The van der Waals surface area contributed by atoms with Gasteiger partial charge in [-0.15, -0.1) is 0 Å². The fourth-order valence-electron chi connectivity index (χ4n) is 2.12. The third-order valence-corrected chi connectivity index (χ3v) is 3.84. The van der Waals surface area contributed by atoms with Crippen molar-refractivity contribution < 1.29 is 9.53 Å². The van der Waals surface area contributed by atoms with E-state index in [1.54, 1.807) is 0 Å². The zero-order valence-electron chi connectivity index (χ0n) is 13.1. The lowest BCUT2D eigenvalue weighted by Gasteiger charge is -2.19. The first-order valence-corrected chi connectivity index (χ1v) is 8.39. The van der Waals surface area contributed by atoms with Crippen LogP contribution in [0.15, 0.2) is 59.1 Å². The Morgan fingerprint density at radius 1 is 1.09 bits per heavy atom. The van der Waals surface area contributed by atoms with Crippen molar-refractivity contribution in [1.29, 1.82) is 0 Å². The molecule has 0 radical (unpaired) electrons. The van der Waals surface area contributed by atoms with Crippen LogP contribution in [0.2, 0.25) is 0 Å². The van der Waals surface area contributed by atoms with Gasteiger partial charge in [0.15, 0.2) is 0 Å². The summed E-state index contributed by atoms with van der Waals surface area (Å²) < 4.78 is 6.90. The van der Waals surface area contributed by atoms with Gasteiger partial charge in [-0.2, -0.15) is 0 Å². The number of ether oxygens (including phenoxy) is 1. The molecule has 0 heterocycles. The molecule has 0 aliphatic rings. The second kappa shape index (κ2) is 9.33. The Hall–Kier alpha value is -1.85. The molecular formula is C18H21BrN2O2. The fourth-order valence-corrected chi connectivity index (χ4v) is 2.38. The van der Waals surface area contributed by atoms with Crippen molar-refractivity contribution in [3.63, 3.8) is 0 Å². The van der Waals surface area contributed by atoms with Crippen molar-refractivity contribution in [2.75, 3.05) is 20.1 Å². The lowest BCUT2D eigenvalue weighted by atomic mass is 10.1. The topological polar surface area (TPSA) is 50.4 Å². The summed E-state index contributed by atoms with van der Waals surface area (Å²) in [6, 6.07) is 17.0. The Morgan fingerprint density at radius 3 is 2.43 bits per heavy atom.